The van der Waals surface area contributed by atoms with E-state index in [0.29, 0.717) is 6.07 Å². The summed E-state index contributed by atoms with van der Waals surface area (Å²) in [6.45, 7) is 0. The van der Waals surface area contributed by atoms with Crippen molar-refractivity contribution in [3.8, 4) is 0 Å². The number of hydrogen-bond acceptors (Lipinski definition) is 3. The van der Waals surface area contributed by atoms with Gasteiger partial charge >= 0.3 is 0 Å². The Morgan fingerprint density at radius 3 is 2.24 bits per heavy atom. The third-order valence-electron chi connectivity index (χ3n) is 2.56. The van der Waals surface area contributed by atoms with E-state index in [4.69, 9.17) is 0 Å². The average molecular weight is 240 g/mol. The normalized spacial score (nSPS) is 22.0. The molecule has 1 aromatic carbocycles. The van der Waals surface area contributed by atoms with E-state index in [0.717, 1.165) is 12.1 Å². The van der Waals surface area contributed by atoms with Crippen molar-refractivity contribution in [2.75, 3.05) is 5.32 Å². The van der Waals surface area contributed by atoms with Crippen LogP contribution in [-0.4, -0.2) is 11.9 Å². The first-order valence-electron chi connectivity index (χ1n) is 4.95. The van der Waals surface area contributed by atoms with Gasteiger partial charge in [0.15, 0.2) is 0 Å². The van der Waals surface area contributed by atoms with Gasteiger partial charge in [-0.25, -0.2) is 8.78 Å². The molecule has 0 saturated heterocycles. The summed E-state index contributed by atoms with van der Waals surface area (Å²) in [4.78, 5) is 21.9. The molecule has 2 atom stereocenters. The van der Waals surface area contributed by atoms with Crippen molar-refractivity contribution in [3.63, 3.8) is 0 Å². The predicted molar refractivity (Wildman–Crippen MR) is 51.6 cm³/mol. The number of hydrogen-bond donors (Lipinski definition) is 1. The monoisotopic (exact) mass is 240 g/mol. The highest BCUT2D eigenvalue weighted by Gasteiger charge is 2.43. The first kappa shape index (κ1) is 11.5. The number of amides is 1. The van der Waals surface area contributed by atoms with Gasteiger partial charge in [-0.2, -0.15) is 0 Å². The quantitative estimate of drug-likeness (QED) is 0.825. The van der Waals surface area contributed by atoms with E-state index < -0.39 is 35.3 Å². The van der Waals surface area contributed by atoms with Crippen LogP contribution in [0, 0.1) is 23.5 Å². The number of carboxylic acids is 1. The smallest absolute Gasteiger partial charge is 0.228 e. The molecule has 6 heteroatoms. The third kappa shape index (κ3) is 2.58. The van der Waals surface area contributed by atoms with Crippen LogP contribution in [0.3, 0.4) is 0 Å². The molecule has 0 unspecified atom stereocenters. The molecule has 4 nitrogen and oxygen atoms in total. The molecule has 1 fully saturated rings. The lowest BCUT2D eigenvalue weighted by Gasteiger charge is -2.05. The van der Waals surface area contributed by atoms with Gasteiger partial charge in [-0.1, -0.05) is 0 Å². The maximum absolute atomic E-state index is 12.8. The van der Waals surface area contributed by atoms with Gasteiger partial charge < -0.3 is 15.2 Å². The first-order chi connectivity index (χ1) is 7.97. The second kappa shape index (κ2) is 4.12. The summed E-state index contributed by atoms with van der Waals surface area (Å²) >= 11 is 0. The minimum absolute atomic E-state index is 0.0310. The lowest BCUT2D eigenvalue weighted by Crippen LogP contribution is -2.27. The summed E-state index contributed by atoms with van der Waals surface area (Å²) in [7, 11) is 0. The number of carbonyl (C=O) groups excluding carboxylic acids is 2. The molecule has 1 aromatic rings. The Morgan fingerprint density at radius 2 is 1.76 bits per heavy atom. The predicted octanol–water partition coefficient (Wildman–Crippen LogP) is 0.289. The van der Waals surface area contributed by atoms with Crippen molar-refractivity contribution in [2.45, 2.75) is 6.42 Å². The molecular weight excluding hydrogens is 232 g/mol. The van der Waals surface area contributed by atoms with Gasteiger partial charge in [0, 0.05) is 29.6 Å². The third-order valence-corrected chi connectivity index (χ3v) is 2.56. The summed E-state index contributed by atoms with van der Waals surface area (Å²) < 4.78 is 25.6. The van der Waals surface area contributed by atoms with Gasteiger partial charge in [0.1, 0.15) is 11.6 Å². The van der Waals surface area contributed by atoms with E-state index >= 15 is 0 Å². The van der Waals surface area contributed by atoms with E-state index in [2.05, 4.69) is 5.32 Å². The Hall–Kier alpha value is -1.98. The fourth-order valence-electron chi connectivity index (χ4n) is 1.61. The van der Waals surface area contributed by atoms with E-state index in [-0.39, 0.29) is 12.1 Å². The van der Waals surface area contributed by atoms with Gasteiger partial charge in [0.25, 0.3) is 0 Å². The fraction of sp³-hybridized carbons (Fsp3) is 0.273. The maximum atomic E-state index is 12.8. The van der Waals surface area contributed by atoms with Crippen molar-refractivity contribution in [1.82, 2.24) is 0 Å². The van der Waals surface area contributed by atoms with Crippen LogP contribution in [0.15, 0.2) is 18.2 Å². The van der Waals surface area contributed by atoms with Crippen LogP contribution in [-0.2, 0) is 9.59 Å². The summed E-state index contributed by atoms with van der Waals surface area (Å²) in [6.07, 6.45) is 0.200. The van der Waals surface area contributed by atoms with Crippen molar-refractivity contribution in [2.24, 2.45) is 11.8 Å². The van der Waals surface area contributed by atoms with Crippen LogP contribution in [0.1, 0.15) is 6.42 Å². The second-order valence-corrected chi connectivity index (χ2v) is 3.92. The van der Waals surface area contributed by atoms with Gasteiger partial charge in [0.05, 0.1) is 0 Å². The molecule has 17 heavy (non-hydrogen) atoms. The molecule has 90 valence electrons. The molecule has 1 N–H and O–H groups in total. The Bertz CT molecular complexity index is 469. The molecule has 0 aliphatic heterocycles. The average Bonchev–Trinajstić information content (AvgIpc) is 2.94. The van der Waals surface area contributed by atoms with Gasteiger partial charge in [-0.15, -0.1) is 0 Å². The highest BCUT2D eigenvalue weighted by atomic mass is 19.1. The number of anilines is 1. The molecule has 1 saturated carbocycles. The van der Waals surface area contributed by atoms with Crippen molar-refractivity contribution in [1.29, 1.82) is 0 Å². The SMILES string of the molecule is O=C(Nc1cc(F)cc(F)c1)[C@H]1C[C@H]1C(=O)[O-]. The number of benzene rings is 1. The molecule has 0 aromatic heterocycles. The lowest BCUT2D eigenvalue weighted by atomic mass is 10.2. The zero-order valence-corrected chi connectivity index (χ0v) is 8.57. The lowest BCUT2D eigenvalue weighted by molar-refractivity contribution is -0.308. The Balaban J connectivity index is 2.02. The van der Waals surface area contributed by atoms with Crippen molar-refractivity contribution < 1.29 is 23.5 Å². The van der Waals surface area contributed by atoms with E-state index in [1.165, 1.54) is 0 Å². The molecule has 0 bridgehead atoms. The summed E-state index contributed by atoms with van der Waals surface area (Å²) in [5.74, 6) is -4.94. The fourth-order valence-corrected chi connectivity index (χ4v) is 1.61. The van der Waals surface area contributed by atoms with Crippen molar-refractivity contribution in [3.05, 3.63) is 29.8 Å². The van der Waals surface area contributed by atoms with Crippen LogP contribution in [0.25, 0.3) is 0 Å². The summed E-state index contributed by atoms with van der Waals surface area (Å²) in [6, 6.07) is 2.59. The standard InChI is InChI=1S/C11H9F2NO3/c12-5-1-6(13)3-7(2-5)14-10(15)8-4-9(8)11(16)17/h1-3,8-9H,4H2,(H,14,15)(H,16,17)/p-1/t8-,9+/m0/s1. The number of carboxylic acid groups (broad SMARTS) is 1. The topological polar surface area (TPSA) is 69.2 Å². The highest BCUT2D eigenvalue weighted by molar-refractivity contribution is 5.97. The van der Waals surface area contributed by atoms with Crippen LogP contribution in [0.4, 0.5) is 14.5 Å². The summed E-state index contributed by atoms with van der Waals surface area (Å²) in [5.41, 5.74) is -0.0310. The number of rotatable bonds is 3. The molecule has 1 aliphatic carbocycles. The zero-order valence-electron chi connectivity index (χ0n) is 8.57. The highest BCUT2D eigenvalue weighted by Crippen LogP contribution is 2.38. The molecule has 1 aliphatic rings. The van der Waals surface area contributed by atoms with E-state index in [1.54, 1.807) is 0 Å². The molecule has 0 radical (unpaired) electrons. The molecule has 1 amide bonds. The Labute approximate surface area is 95.2 Å². The summed E-state index contributed by atoms with van der Waals surface area (Å²) in [5, 5.41) is 12.7. The maximum Gasteiger partial charge on any atom is 0.228 e. The first-order valence-corrected chi connectivity index (χ1v) is 4.95. The number of halogens is 2. The Kier molecular flexibility index (Phi) is 2.79. The molecular formula is C11H8F2NO3-. The van der Waals surface area contributed by atoms with E-state index in [9.17, 15) is 23.5 Å². The van der Waals surface area contributed by atoms with Crippen molar-refractivity contribution >= 4 is 17.6 Å². The van der Waals surface area contributed by atoms with Gasteiger partial charge in [-0.3, -0.25) is 4.79 Å². The zero-order chi connectivity index (χ0) is 12.6. The van der Waals surface area contributed by atoms with Crippen LogP contribution < -0.4 is 10.4 Å². The number of aliphatic carboxylic acids is 1. The van der Waals surface area contributed by atoms with Gasteiger partial charge in [0.2, 0.25) is 5.91 Å². The molecule has 2 rings (SSSR count). The van der Waals surface area contributed by atoms with Crippen LogP contribution in [0.5, 0.6) is 0 Å². The minimum Gasteiger partial charge on any atom is -0.550 e. The molecule has 0 spiro atoms. The Morgan fingerprint density at radius 1 is 1.18 bits per heavy atom. The minimum atomic E-state index is -1.28. The number of carbonyl (C=O) groups is 2. The second-order valence-electron chi connectivity index (χ2n) is 3.92. The molecule has 0 heterocycles. The number of nitrogens with one attached hydrogen (secondary N) is 1. The van der Waals surface area contributed by atoms with E-state index in [1.807, 2.05) is 0 Å². The largest absolute Gasteiger partial charge is 0.550 e. The van der Waals surface area contributed by atoms with Crippen LogP contribution >= 0.6 is 0 Å². The van der Waals surface area contributed by atoms with Gasteiger partial charge in [-0.05, 0) is 18.6 Å². The van der Waals surface area contributed by atoms with Crippen LogP contribution in [0.2, 0.25) is 0 Å².